The minimum absolute atomic E-state index is 0.00102. The van der Waals surface area contributed by atoms with Gasteiger partial charge in [0.25, 0.3) is 0 Å². The fourth-order valence-corrected chi connectivity index (χ4v) is 1.76. The number of carbonyl (C=O) groups excluding carboxylic acids is 1. The maximum atomic E-state index is 11.4. The number of nitrogens with two attached hydrogens (primary N) is 1. The predicted molar refractivity (Wildman–Crippen MR) is 76.3 cm³/mol. The van der Waals surface area contributed by atoms with Gasteiger partial charge in [-0.25, -0.2) is 14.8 Å². The maximum absolute atomic E-state index is 11.4. The molecule has 0 amide bonds. The number of methoxy groups -OCH3 is 1. The van der Waals surface area contributed by atoms with Gasteiger partial charge in [-0.1, -0.05) is 12.1 Å². The quantitative estimate of drug-likeness (QED) is 0.653. The Morgan fingerprint density at radius 3 is 2.90 bits per heavy atom. The van der Waals surface area contributed by atoms with Gasteiger partial charge in [0.2, 0.25) is 5.82 Å². The van der Waals surface area contributed by atoms with E-state index in [-0.39, 0.29) is 11.9 Å². The highest BCUT2D eigenvalue weighted by atomic mass is 16.5. The van der Waals surface area contributed by atoms with Crippen LogP contribution in [-0.4, -0.2) is 23.0 Å². The fraction of sp³-hybridized carbons (Fsp3) is 0.214. The second-order valence-corrected chi connectivity index (χ2v) is 4.29. The van der Waals surface area contributed by atoms with Gasteiger partial charge in [0, 0.05) is 11.9 Å². The summed E-state index contributed by atoms with van der Waals surface area (Å²) < 4.78 is 4.59. The Morgan fingerprint density at radius 1 is 1.40 bits per heavy atom. The van der Waals surface area contributed by atoms with Crippen LogP contribution in [-0.2, 0) is 4.74 Å². The van der Waals surface area contributed by atoms with E-state index in [4.69, 9.17) is 5.73 Å². The summed E-state index contributed by atoms with van der Waals surface area (Å²) in [5, 5.41) is 3.19. The van der Waals surface area contributed by atoms with Crippen LogP contribution in [0.3, 0.4) is 0 Å². The molecule has 0 aliphatic heterocycles. The lowest BCUT2D eigenvalue weighted by Gasteiger charge is -2.15. The molecule has 3 N–H and O–H groups in total. The third-order valence-electron chi connectivity index (χ3n) is 2.80. The van der Waals surface area contributed by atoms with E-state index in [1.165, 1.54) is 13.3 Å². The normalized spacial score (nSPS) is 11.7. The molecule has 20 heavy (non-hydrogen) atoms. The first-order valence-electron chi connectivity index (χ1n) is 6.13. The average Bonchev–Trinajstić information content (AvgIpc) is 2.46. The third-order valence-corrected chi connectivity index (χ3v) is 2.80. The molecule has 0 saturated heterocycles. The lowest BCUT2D eigenvalue weighted by Crippen LogP contribution is -2.12. The average molecular weight is 272 g/mol. The molecule has 2 aromatic rings. The summed E-state index contributed by atoms with van der Waals surface area (Å²) in [6, 6.07) is 9.27. The number of carbonyl (C=O) groups is 1. The lowest BCUT2D eigenvalue weighted by atomic mass is 10.1. The van der Waals surface area contributed by atoms with E-state index in [2.05, 4.69) is 20.0 Å². The molecule has 104 valence electrons. The van der Waals surface area contributed by atoms with Gasteiger partial charge in [0.1, 0.15) is 5.82 Å². The van der Waals surface area contributed by atoms with Crippen LogP contribution >= 0.6 is 0 Å². The van der Waals surface area contributed by atoms with E-state index in [1.54, 1.807) is 6.07 Å². The predicted octanol–water partition coefficient (Wildman–Crippen LogP) is 2.02. The topological polar surface area (TPSA) is 90.1 Å². The molecule has 0 saturated carbocycles. The van der Waals surface area contributed by atoms with Crippen molar-refractivity contribution in [3.8, 4) is 0 Å². The summed E-state index contributed by atoms with van der Waals surface area (Å²) >= 11 is 0. The van der Waals surface area contributed by atoms with Crippen LogP contribution in [0.15, 0.2) is 36.5 Å². The van der Waals surface area contributed by atoms with Gasteiger partial charge in [0.05, 0.1) is 13.2 Å². The molecule has 0 fully saturated rings. The fourth-order valence-electron chi connectivity index (χ4n) is 1.76. The summed E-state index contributed by atoms with van der Waals surface area (Å²) in [5.74, 6) is 0.0119. The minimum atomic E-state index is -0.565. The Morgan fingerprint density at radius 2 is 2.20 bits per heavy atom. The van der Waals surface area contributed by atoms with Crippen LogP contribution in [0.5, 0.6) is 0 Å². The smallest absolute Gasteiger partial charge is 0.376 e. The van der Waals surface area contributed by atoms with E-state index in [0.717, 1.165) is 5.56 Å². The second kappa shape index (κ2) is 6.01. The van der Waals surface area contributed by atoms with Crippen molar-refractivity contribution in [2.75, 3.05) is 18.2 Å². The Labute approximate surface area is 117 Å². The zero-order valence-electron chi connectivity index (χ0n) is 11.3. The molecule has 1 heterocycles. The first-order valence-corrected chi connectivity index (χ1v) is 6.13. The largest absolute Gasteiger partial charge is 0.463 e. The Hall–Kier alpha value is -2.63. The van der Waals surface area contributed by atoms with Crippen molar-refractivity contribution < 1.29 is 9.53 Å². The van der Waals surface area contributed by atoms with Gasteiger partial charge >= 0.3 is 5.97 Å². The third kappa shape index (κ3) is 3.23. The number of nitrogens with one attached hydrogen (secondary N) is 1. The SMILES string of the molecule is COC(=O)c1nccc(NC(C)c2cccc(N)c2)n1. The summed E-state index contributed by atoms with van der Waals surface area (Å²) in [4.78, 5) is 19.3. The van der Waals surface area contributed by atoms with E-state index < -0.39 is 5.97 Å². The van der Waals surface area contributed by atoms with Gasteiger partial charge < -0.3 is 15.8 Å². The monoisotopic (exact) mass is 272 g/mol. The zero-order valence-corrected chi connectivity index (χ0v) is 11.3. The molecule has 0 aliphatic rings. The van der Waals surface area contributed by atoms with Crippen molar-refractivity contribution in [3.63, 3.8) is 0 Å². The maximum Gasteiger partial charge on any atom is 0.376 e. The zero-order chi connectivity index (χ0) is 14.5. The standard InChI is InChI=1S/C14H16N4O2/c1-9(10-4-3-5-11(15)8-10)17-12-6-7-16-13(18-12)14(19)20-2/h3-9H,15H2,1-2H3,(H,16,17,18). The molecule has 1 aromatic heterocycles. The molecule has 0 spiro atoms. The number of rotatable bonds is 4. The van der Waals surface area contributed by atoms with E-state index >= 15 is 0 Å². The summed E-state index contributed by atoms with van der Waals surface area (Å²) in [7, 11) is 1.29. The highest BCUT2D eigenvalue weighted by Crippen LogP contribution is 2.19. The molecule has 1 atom stereocenters. The lowest BCUT2D eigenvalue weighted by molar-refractivity contribution is 0.0587. The minimum Gasteiger partial charge on any atom is -0.463 e. The van der Waals surface area contributed by atoms with Gasteiger partial charge in [0.15, 0.2) is 0 Å². The summed E-state index contributed by atoms with van der Waals surface area (Å²) in [6.45, 7) is 1.98. The van der Waals surface area contributed by atoms with Crippen LogP contribution in [0.2, 0.25) is 0 Å². The van der Waals surface area contributed by atoms with Gasteiger partial charge in [-0.15, -0.1) is 0 Å². The molecule has 1 aromatic carbocycles. The first kappa shape index (κ1) is 13.8. The number of hydrogen-bond acceptors (Lipinski definition) is 6. The van der Waals surface area contributed by atoms with Crippen LogP contribution in [0.1, 0.15) is 29.1 Å². The molecule has 6 heteroatoms. The first-order chi connectivity index (χ1) is 9.60. The molecule has 2 rings (SSSR count). The van der Waals surface area contributed by atoms with E-state index in [9.17, 15) is 4.79 Å². The van der Waals surface area contributed by atoms with Crippen molar-refractivity contribution in [3.05, 3.63) is 47.9 Å². The molecular formula is C14H16N4O2. The second-order valence-electron chi connectivity index (χ2n) is 4.29. The number of benzene rings is 1. The van der Waals surface area contributed by atoms with E-state index in [0.29, 0.717) is 11.5 Å². The molecule has 0 bridgehead atoms. The van der Waals surface area contributed by atoms with Gasteiger partial charge in [-0.2, -0.15) is 0 Å². The van der Waals surface area contributed by atoms with Gasteiger partial charge in [-0.05, 0) is 30.7 Å². The molecule has 0 aliphatic carbocycles. The van der Waals surface area contributed by atoms with Crippen molar-refractivity contribution in [1.29, 1.82) is 0 Å². The van der Waals surface area contributed by atoms with Crippen LogP contribution < -0.4 is 11.1 Å². The van der Waals surface area contributed by atoms with E-state index in [1.807, 2.05) is 31.2 Å². The van der Waals surface area contributed by atoms with Crippen molar-refractivity contribution >= 4 is 17.5 Å². The van der Waals surface area contributed by atoms with Crippen molar-refractivity contribution in [1.82, 2.24) is 9.97 Å². The summed E-state index contributed by atoms with van der Waals surface area (Å²) in [5.41, 5.74) is 7.49. The number of hydrogen-bond donors (Lipinski definition) is 2. The summed E-state index contributed by atoms with van der Waals surface area (Å²) in [6.07, 6.45) is 1.51. The number of nitrogens with zero attached hydrogens (tertiary/aromatic N) is 2. The Kier molecular flexibility index (Phi) is 4.14. The Bertz CT molecular complexity index is 616. The van der Waals surface area contributed by atoms with Crippen LogP contribution in [0, 0.1) is 0 Å². The molecule has 1 unspecified atom stereocenters. The number of nitrogen functional groups attached to an aromatic ring is 1. The highest BCUT2D eigenvalue weighted by molar-refractivity contribution is 5.85. The highest BCUT2D eigenvalue weighted by Gasteiger charge is 2.11. The number of aromatic nitrogens is 2. The molecular weight excluding hydrogens is 256 g/mol. The Balaban J connectivity index is 2.15. The molecule has 0 radical (unpaired) electrons. The van der Waals surface area contributed by atoms with Crippen LogP contribution in [0.4, 0.5) is 11.5 Å². The van der Waals surface area contributed by atoms with Gasteiger partial charge in [-0.3, -0.25) is 0 Å². The number of ether oxygens (including phenoxy) is 1. The molecule has 6 nitrogen and oxygen atoms in total. The number of anilines is 2. The van der Waals surface area contributed by atoms with Crippen molar-refractivity contribution in [2.45, 2.75) is 13.0 Å². The van der Waals surface area contributed by atoms with Crippen molar-refractivity contribution in [2.24, 2.45) is 0 Å². The van der Waals surface area contributed by atoms with Crippen LogP contribution in [0.25, 0.3) is 0 Å². The number of esters is 1.